The highest BCUT2D eigenvalue weighted by atomic mass is 16.5. The number of hydrogen-bond donors (Lipinski definition) is 1. The number of carbonyl (C=O) groups excluding carboxylic acids is 1. The molecule has 1 aliphatic rings. The second-order valence-electron chi connectivity index (χ2n) is 8.09. The van der Waals surface area contributed by atoms with Crippen molar-refractivity contribution in [1.29, 1.82) is 0 Å². The maximum absolute atomic E-state index is 12.4. The fraction of sp³-hybridized carbons (Fsp3) is 0.591. The summed E-state index contributed by atoms with van der Waals surface area (Å²) in [5, 5.41) is 11.8. The van der Waals surface area contributed by atoms with Gasteiger partial charge in [-0.2, -0.15) is 0 Å². The highest BCUT2D eigenvalue weighted by Crippen LogP contribution is 2.37. The number of nitrogens with one attached hydrogen (secondary N) is 1. The van der Waals surface area contributed by atoms with Crippen molar-refractivity contribution in [1.82, 2.24) is 20.1 Å². The number of hydrogen-bond acceptors (Lipinski definition) is 4. The molecule has 0 spiro atoms. The Kier molecular flexibility index (Phi) is 6.70. The van der Waals surface area contributed by atoms with Gasteiger partial charge in [-0.05, 0) is 49.3 Å². The van der Waals surface area contributed by atoms with Gasteiger partial charge in [0.25, 0.3) is 0 Å². The zero-order chi connectivity index (χ0) is 20.1. The lowest BCUT2D eigenvalue weighted by molar-refractivity contribution is -0.121. The van der Waals surface area contributed by atoms with Gasteiger partial charge in [0.05, 0.1) is 7.11 Å². The molecular weight excluding hydrogens is 352 g/mol. The molecule has 1 saturated carbocycles. The smallest absolute Gasteiger partial charge is 0.220 e. The van der Waals surface area contributed by atoms with Crippen LogP contribution in [-0.4, -0.2) is 27.8 Å². The second kappa shape index (κ2) is 9.22. The predicted octanol–water partition coefficient (Wildman–Crippen LogP) is 3.77. The minimum absolute atomic E-state index is 0.0382. The monoisotopic (exact) mass is 384 g/mol. The Morgan fingerprint density at radius 3 is 2.61 bits per heavy atom. The molecule has 1 aromatic heterocycles. The molecular formula is C22H32N4O2. The summed E-state index contributed by atoms with van der Waals surface area (Å²) in [5.41, 5.74) is 2.14. The highest BCUT2D eigenvalue weighted by Gasteiger charge is 2.29. The summed E-state index contributed by atoms with van der Waals surface area (Å²) in [6, 6.07) is 6.43. The number of amides is 1. The number of aromatic nitrogens is 3. The zero-order valence-corrected chi connectivity index (χ0v) is 17.5. The number of rotatable bonds is 10. The highest BCUT2D eigenvalue weighted by molar-refractivity contribution is 5.76. The first kappa shape index (κ1) is 20.4. The molecule has 1 N–H and O–H groups in total. The Hall–Kier alpha value is -2.37. The van der Waals surface area contributed by atoms with E-state index in [9.17, 15) is 4.79 Å². The fourth-order valence-electron chi connectivity index (χ4n) is 3.45. The van der Waals surface area contributed by atoms with Gasteiger partial charge in [-0.15, -0.1) is 10.2 Å². The quantitative estimate of drug-likeness (QED) is 0.677. The minimum atomic E-state index is 0.0382. The Bertz CT molecular complexity index is 809. The van der Waals surface area contributed by atoms with Crippen LogP contribution in [0, 0.1) is 12.8 Å². The molecule has 1 aromatic carbocycles. The molecule has 152 valence electrons. The van der Waals surface area contributed by atoms with E-state index in [1.807, 2.05) is 25.1 Å². The van der Waals surface area contributed by atoms with Crippen LogP contribution < -0.4 is 10.1 Å². The molecule has 0 radical (unpaired) electrons. The molecule has 6 nitrogen and oxygen atoms in total. The van der Waals surface area contributed by atoms with E-state index in [1.165, 1.54) is 12.8 Å². The van der Waals surface area contributed by atoms with Crippen LogP contribution in [0.15, 0.2) is 18.2 Å². The topological polar surface area (TPSA) is 69.0 Å². The van der Waals surface area contributed by atoms with E-state index in [1.54, 1.807) is 7.11 Å². The van der Waals surface area contributed by atoms with Gasteiger partial charge in [0.1, 0.15) is 17.4 Å². The molecule has 1 amide bonds. The van der Waals surface area contributed by atoms with Crippen molar-refractivity contribution in [3.05, 3.63) is 41.0 Å². The van der Waals surface area contributed by atoms with E-state index in [4.69, 9.17) is 4.74 Å². The lowest BCUT2D eigenvalue weighted by Crippen LogP contribution is -2.24. The van der Waals surface area contributed by atoms with Crippen LogP contribution in [0.1, 0.15) is 68.3 Å². The van der Waals surface area contributed by atoms with Gasteiger partial charge >= 0.3 is 0 Å². The minimum Gasteiger partial charge on any atom is -0.496 e. The number of aryl methyl sites for hydroxylation is 2. The average molecular weight is 385 g/mol. The molecule has 0 unspecified atom stereocenters. The molecule has 1 aliphatic carbocycles. The van der Waals surface area contributed by atoms with Crippen molar-refractivity contribution in [3.8, 4) is 5.75 Å². The summed E-state index contributed by atoms with van der Waals surface area (Å²) in [7, 11) is 1.66. The number of methoxy groups -OCH3 is 1. The summed E-state index contributed by atoms with van der Waals surface area (Å²) in [5.74, 6) is 3.57. The van der Waals surface area contributed by atoms with Crippen LogP contribution in [0.5, 0.6) is 5.75 Å². The standard InChI is InChI=1S/C22H32N4O2/c1-15(2)8-11-20-24-25-21(26(20)18-9-10-18)12-13-22(27)23-14-17-6-5-7-19(28-4)16(17)3/h5-7,15,18H,8-14H2,1-4H3,(H,23,27). The Morgan fingerprint density at radius 2 is 1.96 bits per heavy atom. The first-order valence-corrected chi connectivity index (χ1v) is 10.3. The van der Waals surface area contributed by atoms with E-state index in [-0.39, 0.29) is 5.91 Å². The average Bonchev–Trinajstić information content (AvgIpc) is 3.43. The van der Waals surface area contributed by atoms with Crippen LogP contribution in [0.3, 0.4) is 0 Å². The second-order valence-corrected chi connectivity index (χ2v) is 8.09. The van der Waals surface area contributed by atoms with Crippen LogP contribution in [-0.2, 0) is 24.2 Å². The molecule has 28 heavy (non-hydrogen) atoms. The predicted molar refractivity (Wildman–Crippen MR) is 109 cm³/mol. The third-order valence-corrected chi connectivity index (χ3v) is 5.36. The summed E-state index contributed by atoms with van der Waals surface area (Å²) in [4.78, 5) is 12.4. The molecule has 0 saturated heterocycles. The van der Waals surface area contributed by atoms with Crippen molar-refractivity contribution < 1.29 is 9.53 Å². The van der Waals surface area contributed by atoms with E-state index in [0.717, 1.165) is 41.4 Å². The van der Waals surface area contributed by atoms with Gasteiger partial charge in [-0.1, -0.05) is 26.0 Å². The third kappa shape index (κ3) is 5.12. The van der Waals surface area contributed by atoms with E-state index < -0.39 is 0 Å². The first-order chi connectivity index (χ1) is 13.5. The van der Waals surface area contributed by atoms with Crippen LogP contribution in [0.25, 0.3) is 0 Å². The molecule has 1 fully saturated rings. The largest absolute Gasteiger partial charge is 0.496 e. The van der Waals surface area contributed by atoms with Gasteiger partial charge in [-0.25, -0.2) is 0 Å². The van der Waals surface area contributed by atoms with Gasteiger partial charge in [0.2, 0.25) is 5.91 Å². The van der Waals surface area contributed by atoms with Gasteiger partial charge in [0, 0.05) is 31.8 Å². The molecule has 3 rings (SSSR count). The summed E-state index contributed by atoms with van der Waals surface area (Å²) in [6.07, 6.45) is 5.53. The Balaban J connectivity index is 1.55. The Morgan fingerprint density at radius 1 is 1.25 bits per heavy atom. The van der Waals surface area contributed by atoms with E-state index in [0.29, 0.717) is 31.3 Å². The molecule has 0 aliphatic heterocycles. The summed E-state index contributed by atoms with van der Waals surface area (Å²) in [6.45, 7) is 6.98. The van der Waals surface area contributed by atoms with Crippen LogP contribution in [0.2, 0.25) is 0 Å². The van der Waals surface area contributed by atoms with E-state index in [2.05, 4.69) is 33.9 Å². The SMILES string of the molecule is COc1cccc(CNC(=O)CCc2nnc(CCC(C)C)n2C2CC2)c1C. The molecule has 2 aromatic rings. The zero-order valence-electron chi connectivity index (χ0n) is 17.5. The summed E-state index contributed by atoms with van der Waals surface area (Å²) < 4.78 is 7.64. The number of carbonyl (C=O) groups is 1. The van der Waals surface area contributed by atoms with Gasteiger partial charge < -0.3 is 14.6 Å². The molecule has 6 heteroatoms. The number of ether oxygens (including phenoxy) is 1. The van der Waals surface area contributed by atoms with Crippen molar-refractivity contribution in [3.63, 3.8) is 0 Å². The van der Waals surface area contributed by atoms with Crippen molar-refractivity contribution in [2.24, 2.45) is 5.92 Å². The van der Waals surface area contributed by atoms with Gasteiger partial charge in [-0.3, -0.25) is 4.79 Å². The number of nitrogens with zero attached hydrogens (tertiary/aromatic N) is 3. The molecule has 0 atom stereocenters. The third-order valence-electron chi connectivity index (χ3n) is 5.36. The summed E-state index contributed by atoms with van der Waals surface area (Å²) >= 11 is 0. The normalized spacial score (nSPS) is 13.8. The molecule has 0 bridgehead atoms. The lowest BCUT2D eigenvalue weighted by atomic mass is 10.1. The maximum Gasteiger partial charge on any atom is 0.220 e. The van der Waals surface area contributed by atoms with Crippen LogP contribution in [0.4, 0.5) is 0 Å². The Labute approximate surface area is 167 Å². The van der Waals surface area contributed by atoms with Crippen molar-refractivity contribution in [2.75, 3.05) is 7.11 Å². The fourth-order valence-corrected chi connectivity index (χ4v) is 3.45. The van der Waals surface area contributed by atoms with Gasteiger partial charge in [0.15, 0.2) is 0 Å². The van der Waals surface area contributed by atoms with Crippen molar-refractivity contribution >= 4 is 5.91 Å². The van der Waals surface area contributed by atoms with E-state index >= 15 is 0 Å². The van der Waals surface area contributed by atoms with Crippen LogP contribution >= 0.6 is 0 Å². The lowest BCUT2D eigenvalue weighted by Gasteiger charge is -2.12. The number of benzene rings is 1. The molecule has 1 heterocycles. The maximum atomic E-state index is 12.4. The van der Waals surface area contributed by atoms with Crippen molar-refractivity contribution in [2.45, 2.75) is 71.9 Å². The first-order valence-electron chi connectivity index (χ1n) is 10.3.